The third-order valence-electron chi connectivity index (χ3n) is 2.40. The van der Waals surface area contributed by atoms with E-state index in [4.69, 9.17) is 4.42 Å². The van der Waals surface area contributed by atoms with Crippen molar-refractivity contribution in [2.45, 2.75) is 17.6 Å². The predicted octanol–water partition coefficient (Wildman–Crippen LogP) is 2.86. The van der Waals surface area contributed by atoms with Crippen molar-refractivity contribution in [1.82, 2.24) is 0 Å². The maximum Gasteiger partial charge on any atom is 0.230 e. The van der Waals surface area contributed by atoms with Gasteiger partial charge in [-0.2, -0.15) is 0 Å². The molecule has 7 heteroatoms. The minimum atomic E-state index is -3.44. The van der Waals surface area contributed by atoms with Crippen molar-refractivity contribution in [3.8, 4) is 0 Å². The highest BCUT2D eigenvalue weighted by molar-refractivity contribution is 8.71. The Balaban J connectivity index is 2.07. The molecule has 2 aromatic rings. The first kappa shape index (κ1) is 14.7. The first-order chi connectivity index (χ1) is 9.47. The highest BCUT2D eigenvalue weighted by Gasteiger charge is 2.16. The molecule has 0 aliphatic rings. The zero-order valence-electron chi connectivity index (χ0n) is 10.7. The molecule has 0 saturated heterocycles. The lowest BCUT2D eigenvalue weighted by atomic mass is 10.3. The van der Waals surface area contributed by atoms with Crippen LogP contribution < -0.4 is 5.32 Å². The van der Waals surface area contributed by atoms with E-state index in [1.807, 2.05) is 0 Å². The normalized spacial score (nSPS) is 11.2. The van der Waals surface area contributed by atoms with Crippen LogP contribution in [-0.2, 0) is 19.4 Å². The molecule has 0 unspecified atom stereocenters. The number of rotatable bonds is 5. The molecule has 0 aliphatic heterocycles. The maximum atomic E-state index is 12.1. The number of amides is 1. The van der Waals surface area contributed by atoms with E-state index in [2.05, 4.69) is 5.32 Å². The topological polar surface area (TPSA) is 76.4 Å². The fourth-order valence-electron chi connectivity index (χ4n) is 1.51. The van der Waals surface area contributed by atoms with Crippen LogP contribution in [0.2, 0.25) is 0 Å². The van der Waals surface area contributed by atoms with E-state index < -0.39 is 8.87 Å². The van der Waals surface area contributed by atoms with E-state index in [0.717, 1.165) is 10.8 Å². The van der Waals surface area contributed by atoms with Gasteiger partial charge < -0.3 is 9.73 Å². The van der Waals surface area contributed by atoms with Crippen LogP contribution in [0.1, 0.15) is 12.7 Å². The summed E-state index contributed by atoms with van der Waals surface area (Å²) in [5.41, 5.74) is 0.562. The zero-order chi connectivity index (χ0) is 14.6. The highest BCUT2D eigenvalue weighted by atomic mass is 33.1. The van der Waals surface area contributed by atoms with Crippen molar-refractivity contribution in [1.29, 1.82) is 0 Å². The van der Waals surface area contributed by atoms with Crippen molar-refractivity contribution in [2.24, 2.45) is 0 Å². The second-order valence-corrected chi connectivity index (χ2v) is 7.93. The van der Waals surface area contributed by atoms with Gasteiger partial charge in [-0.05, 0) is 47.2 Å². The van der Waals surface area contributed by atoms with Gasteiger partial charge in [-0.25, -0.2) is 8.42 Å². The standard InChI is InChI=1S/C13H13NO4S2/c1-10(15)14-11-4-6-13(7-5-11)20(16,17)19-9-12-3-2-8-18-12/h2-8H,9H2,1H3,(H,14,15). The average molecular weight is 311 g/mol. The molecule has 20 heavy (non-hydrogen) atoms. The summed E-state index contributed by atoms with van der Waals surface area (Å²) in [7, 11) is -2.64. The molecule has 5 nitrogen and oxygen atoms in total. The van der Waals surface area contributed by atoms with Crippen molar-refractivity contribution in [2.75, 3.05) is 5.32 Å². The van der Waals surface area contributed by atoms with Gasteiger partial charge in [0.2, 0.25) is 14.8 Å². The average Bonchev–Trinajstić information content (AvgIpc) is 2.89. The molecule has 106 valence electrons. The third kappa shape index (κ3) is 3.88. The predicted molar refractivity (Wildman–Crippen MR) is 77.9 cm³/mol. The molecule has 0 spiro atoms. The fourth-order valence-corrected chi connectivity index (χ4v) is 4.10. The molecule has 1 N–H and O–H groups in total. The van der Waals surface area contributed by atoms with E-state index in [-0.39, 0.29) is 16.6 Å². The van der Waals surface area contributed by atoms with E-state index >= 15 is 0 Å². The Labute approximate surface area is 120 Å². The number of carbonyl (C=O) groups is 1. The van der Waals surface area contributed by atoms with Gasteiger partial charge in [0.05, 0.1) is 16.9 Å². The maximum absolute atomic E-state index is 12.1. The van der Waals surface area contributed by atoms with Crippen LogP contribution in [-0.4, -0.2) is 14.3 Å². The highest BCUT2D eigenvalue weighted by Crippen LogP contribution is 2.27. The molecule has 1 amide bonds. The lowest BCUT2D eigenvalue weighted by Crippen LogP contribution is -2.05. The van der Waals surface area contributed by atoms with Crippen molar-refractivity contribution in [3.05, 3.63) is 48.4 Å². The van der Waals surface area contributed by atoms with Gasteiger partial charge in [0.15, 0.2) is 0 Å². The van der Waals surface area contributed by atoms with Crippen LogP contribution in [0.5, 0.6) is 0 Å². The quantitative estimate of drug-likeness (QED) is 0.859. The molecule has 0 radical (unpaired) electrons. The SMILES string of the molecule is CC(=O)Nc1ccc(S(=O)(=O)SCc2ccco2)cc1. The summed E-state index contributed by atoms with van der Waals surface area (Å²) >= 11 is 0. The van der Waals surface area contributed by atoms with Crippen LogP contribution >= 0.6 is 10.8 Å². The first-order valence-electron chi connectivity index (χ1n) is 5.77. The van der Waals surface area contributed by atoms with Gasteiger partial charge in [-0.1, -0.05) is 0 Å². The summed E-state index contributed by atoms with van der Waals surface area (Å²) in [6.07, 6.45) is 1.50. The molecular formula is C13H13NO4S2. The van der Waals surface area contributed by atoms with Crippen molar-refractivity contribution >= 4 is 31.3 Å². The van der Waals surface area contributed by atoms with Crippen LogP contribution in [0.25, 0.3) is 0 Å². The number of furan rings is 1. The summed E-state index contributed by atoms with van der Waals surface area (Å²) in [5, 5.41) is 2.58. The Hall–Kier alpha value is -1.73. The molecule has 1 aromatic heterocycles. The van der Waals surface area contributed by atoms with E-state index in [9.17, 15) is 13.2 Å². The van der Waals surface area contributed by atoms with Gasteiger partial charge in [0, 0.05) is 12.6 Å². The number of benzene rings is 1. The Kier molecular flexibility index (Phi) is 4.51. The number of hydrogen-bond donors (Lipinski definition) is 1. The van der Waals surface area contributed by atoms with E-state index in [0.29, 0.717) is 11.4 Å². The minimum absolute atomic E-state index is 0.197. The molecule has 0 atom stereocenters. The lowest BCUT2D eigenvalue weighted by Gasteiger charge is -2.05. The number of hydrogen-bond acceptors (Lipinski definition) is 5. The smallest absolute Gasteiger partial charge is 0.230 e. The molecule has 1 heterocycles. The molecule has 2 rings (SSSR count). The summed E-state index contributed by atoms with van der Waals surface area (Å²) < 4.78 is 29.3. The Morgan fingerprint density at radius 3 is 2.50 bits per heavy atom. The van der Waals surface area contributed by atoms with Crippen LogP contribution in [0.15, 0.2) is 52.0 Å². The molecular weight excluding hydrogens is 298 g/mol. The van der Waals surface area contributed by atoms with E-state index in [1.54, 1.807) is 24.3 Å². The Morgan fingerprint density at radius 1 is 1.25 bits per heavy atom. The van der Waals surface area contributed by atoms with Gasteiger partial charge in [0.25, 0.3) is 0 Å². The minimum Gasteiger partial charge on any atom is -0.468 e. The van der Waals surface area contributed by atoms with E-state index in [1.165, 1.54) is 25.3 Å². The summed E-state index contributed by atoms with van der Waals surface area (Å²) in [6.45, 7) is 1.39. The number of carbonyl (C=O) groups excluding carboxylic acids is 1. The number of anilines is 1. The van der Waals surface area contributed by atoms with Crippen LogP contribution in [0.4, 0.5) is 5.69 Å². The summed E-state index contributed by atoms with van der Waals surface area (Å²) in [5.74, 6) is 0.657. The monoisotopic (exact) mass is 311 g/mol. The molecule has 0 bridgehead atoms. The van der Waals surface area contributed by atoms with Crippen LogP contribution in [0, 0.1) is 0 Å². The Morgan fingerprint density at radius 2 is 1.95 bits per heavy atom. The first-order valence-corrected chi connectivity index (χ1v) is 8.75. The second-order valence-electron chi connectivity index (χ2n) is 4.00. The largest absolute Gasteiger partial charge is 0.468 e. The third-order valence-corrected chi connectivity index (χ3v) is 5.82. The summed E-state index contributed by atoms with van der Waals surface area (Å²) in [4.78, 5) is 11.1. The van der Waals surface area contributed by atoms with Crippen molar-refractivity contribution < 1.29 is 17.6 Å². The molecule has 0 fully saturated rings. The zero-order valence-corrected chi connectivity index (χ0v) is 12.3. The van der Waals surface area contributed by atoms with Gasteiger partial charge in [-0.3, -0.25) is 4.79 Å². The van der Waals surface area contributed by atoms with Crippen LogP contribution in [0.3, 0.4) is 0 Å². The lowest BCUT2D eigenvalue weighted by molar-refractivity contribution is -0.114. The fraction of sp³-hybridized carbons (Fsp3) is 0.154. The molecule has 1 aromatic carbocycles. The van der Waals surface area contributed by atoms with Crippen molar-refractivity contribution in [3.63, 3.8) is 0 Å². The second kappa shape index (κ2) is 6.15. The van der Waals surface area contributed by atoms with Gasteiger partial charge >= 0.3 is 0 Å². The van der Waals surface area contributed by atoms with Gasteiger partial charge in [0.1, 0.15) is 5.76 Å². The molecule has 0 saturated carbocycles. The number of nitrogens with one attached hydrogen (secondary N) is 1. The molecule has 0 aliphatic carbocycles. The Bertz CT molecular complexity index is 676. The summed E-state index contributed by atoms with van der Waals surface area (Å²) in [6, 6.07) is 9.49. The van der Waals surface area contributed by atoms with Gasteiger partial charge in [-0.15, -0.1) is 0 Å².